The molecule has 0 saturated carbocycles. The molecule has 0 aromatic heterocycles. The largest absolute Gasteiger partial charge is 0.506 e. The minimum absolute atomic E-state index is 0.0276. The van der Waals surface area contributed by atoms with Gasteiger partial charge in [-0.05, 0) is 24.3 Å². The lowest BCUT2D eigenvalue weighted by Gasteiger charge is -2.36. The number of hydrogen-bond donors (Lipinski definition) is 1. The molecule has 1 N–H and O–H groups in total. The summed E-state index contributed by atoms with van der Waals surface area (Å²) < 4.78 is 0. The number of carbonyl (C=O) groups is 2. The number of aromatic hydroxyl groups is 1. The first-order valence-corrected chi connectivity index (χ1v) is 9.56. The number of benzene rings is 2. The van der Waals surface area contributed by atoms with E-state index in [1.54, 1.807) is 26.8 Å². The third-order valence-corrected chi connectivity index (χ3v) is 5.34. The second-order valence-corrected chi connectivity index (χ2v) is 7.05. The summed E-state index contributed by atoms with van der Waals surface area (Å²) in [5.41, 5.74) is 1.65. The Morgan fingerprint density at radius 2 is 1.54 bits per heavy atom. The summed E-state index contributed by atoms with van der Waals surface area (Å²) in [5, 5.41) is 10.0. The highest BCUT2D eigenvalue weighted by Gasteiger charge is 2.32. The lowest BCUT2D eigenvalue weighted by atomic mass is 10.2. The van der Waals surface area contributed by atoms with Crippen LogP contribution in [0.4, 0.5) is 16.2 Å². The van der Waals surface area contributed by atoms with E-state index in [0.29, 0.717) is 39.3 Å². The molecule has 0 atom stereocenters. The van der Waals surface area contributed by atoms with Gasteiger partial charge in [-0.25, -0.2) is 4.79 Å². The van der Waals surface area contributed by atoms with Crippen molar-refractivity contribution in [3.63, 3.8) is 0 Å². The lowest BCUT2D eigenvalue weighted by molar-refractivity contribution is -0.131. The Labute approximate surface area is 164 Å². The molecule has 2 saturated heterocycles. The minimum atomic E-state index is -0.118. The summed E-state index contributed by atoms with van der Waals surface area (Å²) in [7, 11) is 0. The van der Waals surface area contributed by atoms with E-state index in [2.05, 4.69) is 4.90 Å². The van der Waals surface area contributed by atoms with Gasteiger partial charge in [-0.1, -0.05) is 30.3 Å². The maximum absolute atomic E-state index is 12.7. The summed E-state index contributed by atoms with van der Waals surface area (Å²) in [4.78, 5) is 32.6. The van der Waals surface area contributed by atoms with E-state index in [4.69, 9.17) is 0 Å². The third kappa shape index (κ3) is 3.60. The highest BCUT2D eigenvalue weighted by atomic mass is 16.3. The molecule has 7 nitrogen and oxygen atoms in total. The number of phenols is 1. The van der Waals surface area contributed by atoms with Crippen molar-refractivity contribution >= 4 is 23.3 Å². The smallest absolute Gasteiger partial charge is 0.325 e. The number of phenolic OH excluding ortho intramolecular Hbond substituents is 1. The van der Waals surface area contributed by atoms with Gasteiger partial charge >= 0.3 is 6.03 Å². The standard InChI is InChI=1S/C21H24N4O3/c26-19-9-5-4-8-18(19)22-10-12-23(13-11-22)20(27)16-24-14-15-25(21(24)28)17-6-2-1-3-7-17/h1-9,26H,10-16H2. The molecule has 146 valence electrons. The van der Waals surface area contributed by atoms with E-state index in [0.717, 1.165) is 11.4 Å². The summed E-state index contributed by atoms with van der Waals surface area (Å²) in [5.74, 6) is 0.228. The van der Waals surface area contributed by atoms with E-state index >= 15 is 0 Å². The van der Waals surface area contributed by atoms with Gasteiger partial charge < -0.3 is 19.8 Å². The van der Waals surface area contributed by atoms with Crippen molar-refractivity contribution in [3.05, 3.63) is 54.6 Å². The van der Waals surface area contributed by atoms with E-state index in [-0.39, 0.29) is 24.2 Å². The van der Waals surface area contributed by atoms with Crippen LogP contribution in [0, 0.1) is 0 Å². The van der Waals surface area contributed by atoms with Crippen LogP contribution < -0.4 is 9.80 Å². The molecule has 2 heterocycles. The van der Waals surface area contributed by atoms with E-state index in [1.165, 1.54) is 0 Å². The number of rotatable bonds is 4. The zero-order valence-corrected chi connectivity index (χ0v) is 15.7. The van der Waals surface area contributed by atoms with Gasteiger partial charge in [0, 0.05) is 45.0 Å². The Morgan fingerprint density at radius 1 is 0.857 bits per heavy atom. The Kier molecular flexibility index (Phi) is 5.06. The fourth-order valence-electron chi connectivity index (χ4n) is 3.77. The number of hydrogen-bond acceptors (Lipinski definition) is 4. The SMILES string of the molecule is O=C(CN1CCN(c2ccccc2)C1=O)N1CCN(c2ccccc2O)CC1. The summed E-state index contributed by atoms with van der Waals surface area (Å²) in [6.07, 6.45) is 0. The van der Waals surface area contributed by atoms with Gasteiger partial charge in [-0.3, -0.25) is 9.69 Å². The maximum atomic E-state index is 12.7. The third-order valence-electron chi connectivity index (χ3n) is 5.34. The number of para-hydroxylation sites is 3. The second-order valence-electron chi connectivity index (χ2n) is 7.05. The van der Waals surface area contributed by atoms with Crippen LogP contribution in [0.25, 0.3) is 0 Å². The fourth-order valence-corrected chi connectivity index (χ4v) is 3.77. The van der Waals surface area contributed by atoms with Crippen LogP contribution in [-0.4, -0.2) is 72.7 Å². The average molecular weight is 380 g/mol. The molecule has 0 bridgehead atoms. The number of anilines is 2. The highest BCUT2D eigenvalue weighted by molar-refractivity contribution is 5.96. The van der Waals surface area contributed by atoms with Crippen LogP contribution in [0.2, 0.25) is 0 Å². The number of amides is 3. The molecular weight excluding hydrogens is 356 g/mol. The minimum Gasteiger partial charge on any atom is -0.506 e. The van der Waals surface area contributed by atoms with Crippen molar-refractivity contribution in [1.29, 1.82) is 0 Å². The average Bonchev–Trinajstić information content (AvgIpc) is 3.09. The maximum Gasteiger partial charge on any atom is 0.325 e. The molecule has 2 aromatic carbocycles. The van der Waals surface area contributed by atoms with Gasteiger partial charge in [0.1, 0.15) is 12.3 Å². The first-order valence-electron chi connectivity index (χ1n) is 9.56. The molecule has 2 aliphatic rings. The number of urea groups is 1. The zero-order chi connectivity index (χ0) is 19.5. The first kappa shape index (κ1) is 18.2. The molecular formula is C21H24N4O3. The van der Waals surface area contributed by atoms with E-state index < -0.39 is 0 Å². The van der Waals surface area contributed by atoms with Gasteiger partial charge in [0.05, 0.1) is 5.69 Å². The molecule has 7 heteroatoms. The molecule has 2 fully saturated rings. The van der Waals surface area contributed by atoms with Crippen LogP contribution in [0.15, 0.2) is 54.6 Å². The molecule has 2 aromatic rings. The molecule has 2 aliphatic heterocycles. The molecule has 3 amide bonds. The van der Waals surface area contributed by atoms with Crippen LogP contribution in [-0.2, 0) is 4.79 Å². The van der Waals surface area contributed by atoms with Crippen LogP contribution in [0.1, 0.15) is 0 Å². The Morgan fingerprint density at radius 3 is 2.25 bits per heavy atom. The van der Waals surface area contributed by atoms with Crippen molar-refractivity contribution in [3.8, 4) is 5.75 Å². The van der Waals surface area contributed by atoms with Crippen molar-refractivity contribution in [2.75, 3.05) is 55.6 Å². The second kappa shape index (κ2) is 7.80. The predicted molar refractivity (Wildman–Crippen MR) is 108 cm³/mol. The van der Waals surface area contributed by atoms with Crippen LogP contribution in [0.5, 0.6) is 5.75 Å². The topological polar surface area (TPSA) is 67.3 Å². The molecule has 0 unspecified atom stereocenters. The number of carbonyl (C=O) groups excluding carboxylic acids is 2. The van der Waals surface area contributed by atoms with Gasteiger partial charge in [0.2, 0.25) is 5.91 Å². The van der Waals surface area contributed by atoms with Gasteiger partial charge in [-0.2, -0.15) is 0 Å². The van der Waals surface area contributed by atoms with Gasteiger partial charge in [0.15, 0.2) is 0 Å². The highest BCUT2D eigenvalue weighted by Crippen LogP contribution is 2.27. The van der Waals surface area contributed by atoms with E-state index in [1.807, 2.05) is 42.5 Å². The monoisotopic (exact) mass is 380 g/mol. The van der Waals surface area contributed by atoms with Crippen molar-refractivity contribution in [1.82, 2.24) is 9.80 Å². The van der Waals surface area contributed by atoms with Crippen molar-refractivity contribution in [2.45, 2.75) is 0 Å². The van der Waals surface area contributed by atoms with Crippen molar-refractivity contribution < 1.29 is 14.7 Å². The van der Waals surface area contributed by atoms with E-state index in [9.17, 15) is 14.7 Å². The zero-order valence-electron chi connectivity index (χ0n) is 15.7. The molecule has 0 spiro atoms. The van der Waals surface area contributed by atoms with Crippen LogP contribution in [0.3, 0.4) is 0 Å². The molecule has 0 radical (unpaired) electrons. The first-order chi connectivity index (χ1) is 13.6. The molecule has 0 aliphatic carbocycles. The van der Waals surface area contributed by atoms with Crippen molar-refractivity contribution in [2.24, 2.45) is 0 Å². The Balaban J connectivity index is 1.32. The number of nitrogens with zero attached hydrogens (tertiary/aromatic N) is 4. The quantitative estimate of drug-likeness (QED) is 0.881. The predicted octanol–water partition coefficient (Wildman–Crippen LogP) is 1.98. The van der Waals surface area contributed by atoms with Crippen LogP contribution >= 0.6 is 0 Å². The number of piperazine rings is 1. The molecule has 4 rings (SSSR count). The fraction of sp³-hybridized carbons (Fsp3) is 0.333. The Bertz CT molecular complexity index is 850. The normalized spacial score (nSPS) is 17.4. The summed E-state index contributed by atoms with van der Waals surface area (Å²) in [6.45, 7) is 3.74. The van der Waals surface area contributed by atoms with Gasteiger partial charge in [-0.15, -0.1) is 0 Å². The lowest BCUT2D eigenvalue weighted by Crippen LogP contribution is -2.51. The Hall–Kier alpha value is -3.22. The summed E-state index contributed by atoms with van der Waals surface area (Å²) in [6, 6.07) is 16.7. The van der Waals surface area contributed by atoms with Gasteiger partial charge in [0.25, 0.3) is 0 Å². The summed E-state index contributed by atoms with van der Waals surface area (Å²) >= 11 is 0. The molecule has 28 heavy (non-hydrogen) atoms.